The summed E-state index contributed by atoms with van der Waals surface area (Å²) >= 11 is 3.50. The SMILES string of the molecule is CNC(=O)[C@@H]1CC[C@@H](Nc2ncc3c(Br)nn(-c4ccc(-c5nnc(C)o5)cc4)c3n2)C1. The summed E-state index contributed by atoms with van der Waals surface area (Å²) in [6.07, 6.45) is 4.27. The first-order valence-corrected chi connectivity index (χ1v) is 11.1. The van der Waals surface area contributed by atoms with Gasteiger partial charge in [-0.15, -0.1) is 10.2 Å². The molecule has 3 heterocycles. The molecule has 1 aromatic carbocycles. The quantitative estimate of drug-likeness (QED) is 0.431. The van der Waals surface area contributed by atoms with Crippen molar-refractivity contribution >= 4 is 38.8 Å². The number of carbonyl (C=O) groups excluding carboxylic acids is 1. The van der Waals surface area contributed by atoms with Gasteiger partial charge in [0, 0.05) is 37.7 Å². The van der Waals surface area contributed by atoms with Gasteiger partial charge < -0.3 is 15.1 Å². The molecule has 5 rings (SSSR count). The summed E-state index contributed by atoms with van der Waals surface area (Å²) in [5, 5.41) is 19.4. The zero-order valence-electron chi connectivity index (χ0n) is 17.5. The van der Waals surface area contributed by atoms with Gasteiger partial charge in [-0.2, -0.15) is 10.1 Å². The molecule has 10 nitrogen and oxygen atoms in total. The highest BCUT2D eigenvalue weighted by molar-refractivity contribution is 9.10. The first-order chi connectivity index (χ1) is 15.5. The molecule has 3 aromatic heterocycles. The standard InChI is InChI=1S/C21H21BrN8O2/c1-11-27-28-20(32-11)12-4-7-15(8-5-12)30-18-16(17(22)29-30)10-24-21(26-18)25-14-6-3-13(9-14)19(31)23-2/h4-5,7-8,10,13-14H,3,6,9H2,1-2H3,(H,23,31)(H,24,25,26)/t13-,14-/m1/s1. The highest BCUT2D eigenvalue weighted by Crippen LogP contribution is 2.29. The van der Waals surface area contributed by atoms with Gasteiger partial charge in [0.1, 0.15) is 4.60 Å². The Bertz CT molecular complexity index is 1280. The predicted octanol–water partition coefficient (Wildman–Crippen LogP) is 3.26. The summed E-state index contributed by atoms with van der Waals surface area (Å²) in [5.41, 5.74) is 2.34. The van der Waals surface area contributed by atoms with E-state index in [2.05, 4.69) is 46.8 Å². The molecule has 0 spiro atoms. The van der Waals surface area contributed by atoms with E-state index in [-0.39, 0.29) is 17.9 Å². The van der Waals surface area contributed by atoms with E-state index in [0.29, 0.717) is 28.0 Å². The molecule has 0 unspecified atom stereocenters. The number of carbonyl (C=O) groups is 1. The van der Waals surface area contributed by atoms with Crippen molar-refractivity contribution in [1.29, 1.82) is 0 Å². The van der Waals surface area contributed by atoms with E-state index in [1.807, 2.05) is 24.3 Å². The van der Waals surface area contributed by atoms with E-state index in [9.17, 15) is 4.79 Å². The third-order valence-corrected chi connectivity index (χ3v) is 6.23. The van der Waals surface area contributed by atoms with E-state index in [1.54, 1.807) is 24.9 Å². The molecule has 2 atom stereocenters. The number of benzene rings is 1. The molecule has 11 heteroatoms. The van der Waals surface area contributed by atoms with Crippen molar-refractivity contribution < 1.29 is 9.21 Å². The van der Waals surface area contributed by atoms with Crippen LogP contribution in [0.25, 0.3) is 28.2 Å². The first kappa shape index (κ1) is 20.6. The fourth-order valence-electron chi connectivity index (χ4n) is 4.01. The number of amides is 1. The van der Waals surface area contributed by atoms with Crippen molar-refractivity contribution in [2.24, 2.45) is 5.92 Å². The fraction of sp³-hybridized carbons (Fsp3) is 0.333. The number of hydrogen-bond acceptors (Lipinski definition) is 8. The van der Waals surface area contributed by atoms with E-state index < -0.39 is 0 Å². The zero-order chi connectivity index (χ0) is 22.2. The summed E-state index contributed by atoms with van der Waals surface area (Å²) in [4.78, 5) is 21.1. The van der Waals surface area contributed by atoms with Gasteiger partial charge in [-0.3, -0.25) is 4.79 Å². The van der Waals surface area contributed by atoms with Crippen LogP contribution < -0.4 is 10.6 Å². The Balaban J connectivity index is 1.41. The van der Waals surface area contributed by atoms with E-state index in [4.69, 9.17) is 9.40 Å². The summed E-state index contributed by atoms with van der Waals surface area (Å²) < 4.78 is 7.92. The van der Waals surface area contributed by atoms with Gasteiger partial charge in [0.05, 0.1) is 11.1 Å². The molecule has 0 bridgehead atoms. The molecule has 4 aromatic rings. The molecule has 0 radical (unpaired) electrons. The van der Waals surface area contributed by atoms with Crippen LogP contribution in [0.5, 0.6) is 0 Å². The van der Waals surface area contributed by atoms with Crippen molar-refractivity contribution in [3.63, 3.8) is 0 Å². The maximum atomic E-state index is 11.9. The molecule has 32 heavy (non-hydrogen) atoms. The fourth-order valence-corrected chi connectivity index (χ4v) is 4.45. The van der Waals surface area contributed by atoms with Crippen LogP contribution in [0.4, 0.5) is 5.95 Å². The minimum Gasteiger partial charge on any atom is -0.421 e. The number of halogens is 1. The molecule has 1 aliphatic carbocycles. The highest BCUT2D eigenvalue weighted by atomic mass is 79.9. The summed E-state index contributed by atoms with van der Waals surface area (Å²) in [5.74, 6) is 1.63. The topological polar surface area (TPSA) is 124 Å². The molecule has 0 aliphatic heterocycles. The van der Waals surface area contributed by atoms with Crippen molar-refractivity contribution in [1.82, 2.24) is 35.3 Å². The van der Waals surface area contributed by atoms with Crippen LogP contribution in [0.2, 0.25) is 0 Å². The second-order valence-corrected chi connectivity index (χ2v) is 8.52. The Morgan fingerprint density at radius 3 is 2.75 bits per heavy atom. The van der Waals surface area contributed by atoms with Crippen LogP contribution in [-0.4, -0.2) is 48.9 Å². The number of rotatable bonds is 5. The van der Waals surface area contributed by atoms with Gasteiger partial charge in [0.25, 0.3) is 0 Å². The van der Waals surface area contributed by atoms with Gasteiger partial charge in [-0.1, -0.05) is 0 Å². The van der Waals surface area contributed by atoms with Crippen molar-refractivity contribution in [2.45, 2.75) is 32.2 Å². The molecule has 1 saturated carbocycles. The van der Waals surface area contributed by atoms with Gasteiger partial charge in [0.15, 0.2) is 5.65 Å². The Hall–Kier alpha value is -3.34. The number of anilines is 1. The summed E-state index contributed by atoms with van der Waals surface area (Å²) in [6.45, 7) is 1.76. The van der Waals surface area contributed by atoms with Crippen molar-refractivity contribution in [3.8, 4) is 17.1 Å². The van der Waals surface area contributed by atoms with Crippen LogP contribution in [0.1, 0.15) is 25.2 Å². The first-order valence-electron chi connectivity index (χ1n) is 10.3. The van der Waals surface area contributed by atoms with Gasteiger partial charge in [-0.05, 0) is 59.5 Å². The van der Waals surface area contributed by atoms with Gasteiger partial charge >= 0.3 is 0 Å². The van der Waals surface area contributed by atoms with Crippen LogP contribution in [0, 0.1) is 12.8 Å². The Morgan fingerprint density at radius 2 is 2.03 bits per heavy atom. The van der Waals surface area contributed by atoms with Gasteiger partial charge in [-0.25, -0.2) is 9.67 Å². The number of hydrogen-bond donors (Lipinski definition) is 2. The van der Waals surface area contributed by atoms with Gasteiger partial charge in [0.2, 0.25) is 23.6 Å². The largest absolute Gasteiger partial charge is 0.421 e. The molecular weight excluding hydrogens is 476 g/mol. The van der Waals surface area contributed by atoms with Crippen LogP contribution in [0.15, 0.2) is 39.5 Å². The third-order valence-electron chi connectivity index (χ3n) is 5.65. The number of aryl methyl sites for hydroxylation is 1. The van der Waals surface area contributed by atoms with Crippen LogP contribution >= 0.6 is 15.9 Å². The average molecular weight is 497 g/mol. The maximum Gasteiger partial charge on any atom is 0.247 e. The van der Waals surface area contributed by atoms with E-state index >= 15 is 0 Å². The number of fused-ring (bicyclic) bond motifs is 1. The third kappa shape index (κ3) is 3.83. The lowest BCUT2D eigenvalue weighted by Gasteiger charge is -2.13. The zero-order valence-corrected chi connectivity index (χ0v) is 19.1. The highest BCUT2D eigenvalue weighted by Gasteiger charge is 2.29. The lowest BCUT2D eigenvalue weighted by Crippen LogP contribution is -2.27. The smallest absolute Gasteiger partial charge is 0.247 e. The number of aromatic nitrogens is 6. The molecule has 1 amide bonds. The molecule has 1 fully saturated rings. The predicted molar refractivity (Wildman–Crippen MR) is 121 cm³/mol. The molecule has 164 valence electrons. The maximum absolute atomic E-state index is 11.9. The van der Waals surface area contributed by atoms with Crippen molar-refractivity contribution in [3.05, 3.63) is 41.0 Å². The lowest BCUT2D eigenvalue weighted by molar-refractivity contribution is -0.124. The molecule has 0 saturated heterocycles. The Kier molecular flexibility index (Phi) is 5.33. The normalized spacial score (nSPS) is 18.2. The number of nitrogens with zero attached hydrogens (tertiary/aromatic N) is 6. The monoisotopic (exact) mass is 496 g/mol. The van der Waals surface area contributed by atoms with E-state index in [1.165, 1.54) is 0 Å². The van der Waals surface area contributed by atoms with Crippen molar-refractivity contribution in [2.75, 3.05) is 12.4 Å². The Morgan fingerprint density at radius 1 is 1.22 bits per heavy atom. The number of nitrogens with one attached hydrogen (secondary N) is 2. The summed E-state index contributed by atoms with van der Waals surface area (Å²) in [6, 6.07) is 7.82. The second-order valence-electron chi connectivity index (χ2n) is 7.77. The second kappa shape index (κ2) is 8.30. The minimum absolute atomic E-state index is 0.0297. The minimum atomic E-state index is 0.0297. The van der Waals surface area contributed by atoms with Crippen LogP contribution in [0.3, 0.4) is 0 Å². The molecular formula is C21H21BrN8O2. The van der Waals surface area contributed by atoms with Crippen LogP contribution in [-0.2, 0) is 4.79 Å². The Labute approximate surface area is 192 Å². The molecule has 1 aliphatic rings. The lowest BCUT2D eigenvalue weighted by atomic mass is 10.1. The summed E-state index contributed by atoms with van der Waals surface area (Å²) in [7, 11) is 1.68. The molecule has 2 N–H and O–H groups in total. The average Bonchev–Trinajstić information content (AvgIpc) is 3.53. The van der Waals surface area contributed by atoms with E-state index in [0.717, 1.165) is 35.9 Å².